The van der Waals surface area contributed by atoms with Crippen molar-refractivity contribution >= 4 is 5.82 Å². The number of aromatic nitrogens is 2. The van der Waals surface area contributed by atoms with Crippen LogP contribution < -0.4 is 10.9 Å². The average Bonchev–Trinajstić information content (AvgIpc) is 2.39. The normalized spacial score (nSPS) is 10.9. The molecule has 1 aromatic heterocycles. The molecule has 0 saturated carbocycles. The first-order chi connectivity index (χ1) is 9.97. The average molecular weight is 293 g/mol. The van der Waals surface area contributed by atoms with Crippen LogP contribution in [0.4, 0.5) is 14.6 Å². The fourth-order valence-electron chi connectivity index (χ4n) is 2.03. The van der Waals surface area contributed by atoms with Crippen molar-refractivity contribution in [1.82, 2.24) is 9.55 Å². The van der Waals surface area contributed by atoms with E-state index in [1.807, 2.05) is 13.8 Å². The minimum atomic E-state index is -0.606. The van der Waals surface area contributed by atoms with Gasteiger partial charge in [-0.3, -0.25) is 4.79 Å². The van der Waals surface area contributed by atoms with Gasteiger partial charge in [-0.15, -0.1) is 0 Å². The summed E-state index contributed by atoms with van der Waals surface area (Å²) < 4.78 is 27.7. The first-order valence-electron chi connectivity index (χ1n) is 6.73. The number of nitrogens with zero attached hydrogens (tertiary/aromatic N) is 2. The lowest BCUT2D eigenvalue weighted by molar-refractivity contribution is 0.574. The highest BCUT2D eigenvalue weighted by Crippen LogP contribution is 2.09. The van der Waals surface area contributed by atoms with Gasteiger partial charge in [-0.1, -0.05) is 0 Å². The van der Waals surface area contributed by atoms with Gasteiger partial charge in [0.25, 0.3) is 5.56 Å². The van der Waals surface area contributed by atoms with Crippen LogP contribution in [0, 0.1) is 11.6 Å². The lowest BCUT2D eigenvalue weighted by Crippen LogP contribution is -2.26. The van der Waals surface area contributed by atoms with E-state index in [1.165, 1.54) is 12.1 Å². The van der Waals surface area contributed by atoms with Crippen molar-refractivity contribution in [2.24, 2.45) is 0 Å². The lowest BCUT2D eigenvalue weighted by atomic mass is 10.1. The number of hydrogen-bond donors (Lipinski definition) is 1. The Hall–Kier alpha value is -2.24. The smallest absolute Gasteiger partial charge is 0.293 e. The Labute approximate surface area is 121 Å². The standard InChI is InChI=1S/C15H17F2N3O/c1-10(2)20-6-5-19-14(15(20)21)18-4-3-11-7-12(16)9-13(17)8-11/h5-10H,3-4H2,1-2H3,(H,18,19). The van der Waals surface area contributed by atoms with E-state index in [0.29, 0.717) is 18.5 Å². The number of hydrogen-bond acceptors (Lipinski definition) is 3. The summed E-state index contributed by atoms with van der Waals surface area (Å²) in [6, 6.07) is 3.42. The number of benzene rings is 1. The zero-order valence-corrected chi connectivity index (χ0v) is 11.9. The molecule has 0 atom stereocenters. The maximum Gasteiger partial charge on any atom is 0.293 e. The van der Waals surface area contributed by atoms with Gasteiger partial charge in [0, 0.05) is 31.0 Å². The Kier molecular flexibility index (Phi) is 4.67. The largest absolute Gasteiger partial charge is 0.365 e. The van der Waals surface area contributed by atoms with Crippen LogP contribution >= 0.6 is 0 Å². The van der Waals surface area contributed by atoms with Crippen molar-refractivity contribution in [3.8, 4) is 0 Å². The molecular formula is C15H17F2N3O. The van der Waals surface area contributed by atoms with E-state index in [-0.39, 0.29) is 17.4 Å². The Balaban J connectivity index is 2.04. The number of halogens is 2. The molecule has 2 rings (SSSR count). The second-order valence-corrected chi connectivity index (χ2v) is 5.04. The predicted molar refractivity (Wildman–Crippen MR) is 77.4 cm³/mol. The second-order valence-electron chi connectivity index (χ2n) is 5.04. The highest BCUT2D eigenvalue weighted by molar-refractivity contribution is 5.31. The summed E-state index contributed by atoms with van der Waals surface area (Å²) >= 11 is 0. The first-order valence-corrected chi connectivity index (χ1v) is 6.73. The van der Waals surface area contributed by atoms with Crippen molar-refractivity contribution in [2.75, 3.05) is 11.9 Å². The summed E-state index contributed by atoms with van der Waals surface area (Å²) in [6.07, 6.45) is 3.57. The zero-order valence-electron chi connectivity index (χ0n) is 11.9. The molecule has 0 aliphatic heterocycles. The predicted octanol–water partition coefficient (Wildman–Crippen LogP) is 2.76. The van der Waals surface area contributed by atoms with E-state index in [2.05, 4.69) is 10.3 Å². The highest BCUT2D eigenvalue weighted by Gasteiger charge is 2.07. The minimum Gasteiger partial charge on any atom is -0.365 e. The lowest BCUT2D eigenvalue weighted by Gasteiger charge is -2.11. The van der Waals surface area contributed by atoms with Crippen molar-refractivity contribution in [3.05, 3.63) is 58.1 Å². The van der Waals surface area contributed by atoms with Crippen molar-refractivity contribution in [1.29, 1.82) is 0 Å². The SMILES string of the molecule is CC(C)n1ccnc(NCCc2cc(F)cc(F)c2)c1=O. The van der Waals surface area contributed by atoms with Gasteiger partial charge in [-0.25, -0.2) is 13.8 Å². The molecule has 21 heavy (non-hydrogen) atoms. The molecule has 0 unspecified atom stereocenters. The summed E-state index contributed by atoms with van der Waals surface area (Å²) in [5.41, 5.74) is 0.318. The quantitative estimate of drug-likeness (QED) is 0.922. The number of anilines is 1. The van der Waals surface area contributed by atoms with Crippen LogP contribution in [0.25, 0.3) is 0 Å². The highest BCUT2D eigenvalue weighted by atomic mass is 19.1. The molecule has 0 aliphatic rings. The molecule has 0 amide bonds. The van der Waals surface area contributed by atoms with Crippen LogP contribution in [0.2, 0.25) is 0 Å². The van der Waals surface area contributed by atoms with Gasteiger partial charge in [-0.2, -0.15) is 0 Å². The fraction of sp³-hybridized carbons (Fsp3) is 0.333. The van der Waals surface area contributed by atoms with Crippen LogP contribution in [0.5, 0.6) is 0 Å². The minimum absolute atomic E-state index is 0.0402. The van der Waals surface area contributed by atoms with E-state index in [0.717, 1.165) is 6.07 Å². The molecule has 1 heterocycles. The number of rotatable bonds is 5. The monoisotopic (exact) mass is 293 g/mol. The van der Waals surface area contributed by atoms with Gasteiger partial charge in [0.15, 0.2) is 5.82 Å². The van der Waals surface area contributed by atoms with Crippen LogP contribution in [0.1, 0.15) is 25.5 Å². The third-order valence-corrected chi connectivity index (χ3v) is 3.05. The Morgan fingerprint density at radius 3 is 2.52 bits per heavy atom. The summed E-state index contributed by atoms with van der Waals surface area (Å²) in [6.45, 7) is 4.18. The maximum absolute atomic E-state index is 13.1. The van der Waals surface area contributed by atoms with Crippen LogP contribution in [0.15, 0.2) is 35.4 Å². The Morgan fingerprint density at radius 2 is 1.90 bits per heavy atom. The van der Waals surface area contributed by atoms with Crippen molar-refractivity contribution in [3.63, 3.8) is 0 Å². The van der Waals surface area contributed by atoms with Crippen LogP contribution in [-0.2, 0) is 6.42 Å². The molecule has 0 bridgehead atoms. The van der Waals surface area contributed by atoms with E-state index in [9.17, 15) is 13.6 Å². The molecule has 0 spiro atoms. The third-order valence-electron chi connectivity index (χ3n) is 3.05. The maximum atomic E-state index is 13.1. The first kappa shape index (κ1) is 15.2. The van der Waals surface area contributed by atoms with Gasteiger partial charge >= 0.3 is 0 Å². The topological polar surface area (TPSA) is 46.9 Å². The third kappa shape index (κ3) is 3.87. The second kappa shape index (κ2) is 6.47. The van der Waals surface area contributed by atoms with Gasteiger partial charge in [-0.05, 0) is 38.0 Å². The summed E-state index contributed by atoms with van der Waals surface area (Å²) in [7, 11) is 0. The van der Waals surface area contributed by atoms with Gasteiger partial charge in [0.05, 0.1) is 0 Å². The van der Waals surface area contributed by atoms with Gasteiger partial charge in [0.2, 0.25) is 0 Å². The van der Waals surface area contributed by atoms with Crippen LogP contribution in [-0.4, -0.2) is 16.1 Å². The molecule has 4 nitrogen and oxygen atoms in total. The van der Waals surface area contributed by atoms with Crippen LogP contribution in [0.3, 0.4) is 0 Å². The number of nitrogens with one attached hydrogen (secondary N) is 1. The molecule has 0 aliphatic carbocycles. The van der Waals surface area contributed by atoms with E-state index in [4.69, 9.17) is 0 Å². The Bertz CT molecular complexity index is 663. The van der Waals surface area contributed by atoms with Gasteiger partial charge < -0.3 is 9.88 Å². The molecule has 1 aromatic carbocycles. The molecule has 112 valence electrons. The summed E-state index contributed by atoms with van der Waals surface area (Å²) in [5.74, 6) is -0.974. The zero-order chi connectivity index (χ0) is 15.4. The molecule has 0 saturated heterocycles. The molecule has 0 fully saturated rings. The molecule has 1 N–H and O–H groups in total. The Morgan fingerprint density at radius 1 is 1.24 bits per heavy atom. The molecule has 6 heteroatoms. The fourth-order valence-corrected chi connectivity index (χ4v) is 2.03. The van der Waals surface area contributed by atoms with E-state index >= 15 is 0 Å². The summed E-state index contributed by atoms with van der Waals surface area (Å²) in [4.78, 5) is 16.1. The van der Waals surface area contributed by atoms with Gasteiger partial charge in [0.1, 0.15) is 11.6 Å². The van der Waals surface area contributed by atoms with Crippen molar-refractivity contribution in [2.45, 2.75) is 26.3 Å². The van der Waals surface area contributed by atoms with Crippen molar-refractivity contribution < 1.29 is 8.78 Å². The molecule has 0 radical (unpaired) electrons. The summed E-state index contributed by atoms with van der Waals surface area (Å²) in [5, 5.41) is 2.91. The van der Waals surface area contributed by atoms with E-state index < -0.39 is 11.6 Å². The molecular weight excluding hydrogens is 276 g/mol. The molecule has 2 aromatic rings. The van der Waals surface area contributed by atoms with E-state index in [1.54, 1.807) is 17.0 Å².